The van der Waals surface area contributed by atoms with Crippen LogP contribution in [0.3, 0.4) is 0 Å². The molecule has 2 aromatic carbocycles. The van der Waals surface area contributed by atoms with E-state index in [1.54, 1.807) is 18.2 Å². The molecule has 8 nitrogen and oxygen atoms in total. The molecule has 3 aromatic rings. The summed E-state index contributed by atoms with van der Waals surface area (Å²) in [5.74, 6) is -0.494. The Morgan fingerprint density at radius 1 is 1.25 bits per heavy atom. The average molecular weight is 485 g/mol. The van der Waals surface area contributed by atoms with Crippen molar-refractivity contribution in [3.05, 3.63) is 64.1 Å². The maximum atomic E-state index is 12.8. The lowest BCUT2D eigenvalue weighted by Crippen LogP contribution is -2.23. The van der Waals surface area contributed by atoms with E-state index in [9.17, 15) is 13.2 Å². The maximum absolute atomic E-state index is 12.8. The van der Waals surface area contributed by atoms with E-state index in [0.29, 0.717) is 20.9 Å². The quantitative estimate of drug-likeness (QED) is 0.600. The molecule has 0 aliphatic heterocycles. The summed E-state index contributed by atoms with van der Waals surface area (Å²) in [5, 5.41) is 7.16. The zero-order chi connectivity index (χ0) is 20.5. The molecule has 0 fully saturated rings. The lowest BCUT2D eigenvalue weighted by Gasteiger charge is -2.15. The monoisotopic (exact) mass is 483 g/mol. The first-order chi connectivity index (χ1) is 13.2. The molecule has 3 rings (SSSR count). The highest BCUT2D eigenvalue weighted by Crippen LogP contribution is 2.29. The highest BCUT2D eigenvalue weighted by molar-refractivity contribution is 9.10. The minimum Gasteiger partial charge on any atom is -0.320 e. The number of amides is 1. The molecule has 0 atom stereocenters. The molecule has 0 aliphatic rings. The fourth-order valence-electron chi connectivity index (χ4n) is 2.41. The van der Waals surface area contributed by atoms with Crippen molar-refractivity contribution >= 4 is 49.1 Å². The number of hydrogen-bond acceptors (Lipinski definition) is 5. The van der Waals surface area contributed by atoms with Gasteiger partial charge in [-0.1, -0.05) is 17.7 Å². The number of benzene rings is 2. The predicted molar refractivity (Wildman–Crippen MR) is 109 cm³/mol. The zero-order valence-corrected chi connectivity index (χ0v) is 18.0. The fourth-order valence-corrected chi connectivity index (χ4v) is 4.51. The molecule has 0 spiro atoms. The van der Waals surface area contributed by atoms with Crippen molar-refractivity contribution < 1.29 is 13.2 Å². The molecule has 1 amide bonds. The van der Waals surface area contributed by atoms with Crippen molar-refractivity contribution in [1.82, 2.24) is 19.1 Å². The number of nitrogens with zero attached hydrogens (tertiary/aromatic N) is 4. The summed E-state index contributed by atoms with van der Waals surface area (Å²) in [6, 6.07) is 9.36. The number of anilines is 1. The van der Waals surface area contributed by atoms with Crippen LogP contribution in [-0.4, -0.2) is 47.5 Å². The van der Waals surface area contributed by atoms with Crippen molar-refractivity contribution in [1.29, 1.82) is 0 Å². The van der Waals surface area contributed by atoms with Crippen LogP contribution < -0.4 is 5.32 Å². The number of hydrogen-bond donors (Lipinski definition) is 1. The summed E-state index contributed by atoms with van der Waals surface area (Å²) in [7, 11) is -0.881. The summed E-state index contributed by atoms with van der Waals surface area (Å²) < 4.78 is 27.8. The van der Waals surface area contributed by atoms with Gasteiger partial charge in [0.1, 0.15) is 18.3 Å². The summed E-state index contributed by atoms with van der Waals surface area (Å²) in [6.45, 7) is 0. The Balaban J connectivity index is 1.99. The second kappa shape index (κ2) is 8.00. The van der Waals surface area contributed by atoms with Gasteiger partial charge in [0.15, 0.2) is 0 Å². The van der Waals surface area contributed by atoms with Gasteiger partial charge in [-0.05, 0) is 46.3 Å². The van der Waals surface area contributed by atoms with E-state index >= 15 is 0 Å². The third-order valence-corrected chi connectivity index (χ3v) is 6.95. The Morgan fingerprint density at radius 3 is 2.64 bits per heavy atom. The van der Waals surface area contributed by atoms with E-state index in [1.165, 1.54) is 49.6 Å². The normalized spacial score (nSPS) is 11.6. The summed E-state index contributed by atoms with van der Waals surface area (Å²) >= 11 is 9.48. The van der Waals surface area contributed by atoms with E-state index in [2.05, 4.69) is 31.3 Å². The van der Waals surface area contributed by atoms with Crippen LogP contribution in [0.4, 0.5) is 5.69 Å². The van der Waals surface area contributed by atoms with Crippen LogP contribution in [-0.2, 0) is 10.0 Å². The van der Waals surface area contributed by atoms with E-state index in [0.717, 1.165) is 4.31 Å². The molecule has 1 heterocycles. The maximum Gasteiger partial charge on any atom is 0.255 e. The van der Waals surface area contributed by atoms with Gasteiger partial charge in [-0.25, -0.2) is 22.4 Å². The number of nitrogens with one attached hydrogen (secondary N) is 1. The molecule has 1 N–H and O–H groups in total. The van der Waals surface area contributed by atoms with E-state index < -0.39 is 15.9 Å². The number of carbonyl (C=O) groups excluding carboxylic acids is 1. The number of rotatable bonds is 5. The SMILES string of the molecule is CN(C)S(=O)(=O)c1cc(C(=O)Nc2cccc(Cl)c2-n2cncn2)ccc1Br. The number of carbonyl (C=O) groups is 1. The average Bonchev–Trinajstić information content (AvgIpc) is 3.16. The van der Waals surface area contributed by atoms with Gasteiger partial charge in [-0.3, -0.25) is 4.79 Å². The second-order valence-electron chi connectivity index (χ2n) is 5.86. The molecule has 11 heteroatoms. The van der Waals surface area contributed by atoms with Crippen LogP contribution >= 0.6 is 27.5 Å². The number of sulfonamides is 1. The molecule has 146 valence electrons. The number of halogens is 2. The van der Waals surface area contributed by atoms with Crippen molar-refractivity contribution in [3.8, 4) is 5.69 Å². The van der Waals surface area contributed by atoms with Gasteiger partial charge in [-0.2, -0.15) is 5.10 Å². The molecular weight excluding hydrogens is 470 g/mol. The van der Waals surface area contributed by atoms with Gasteiger partial charge < -0.3 is 5.32 Å². The third kappa shape index (κ3) is 3.95. The molecule has 0 radical (unpaired) electrons. The Hall–Kier alpha value is -2.27. The third-order valence-electron chi connectivity index (χ3n) is 3.83. The minimum absolute atomic E-state index is 0.00672. The largest absolute Gasteiger partial charge is 0.320 e. The van der Waals surface area contributed by atoms with Gasteiger partial charge in [0.2, 0.25) is 10.0 Å². The van der Waals surface area contributed by atoms with Crippen LogP contribution in [0.5, 0.6) is 0 Å². The lowest BCUT2D eigenvalue weighted by molar-refractivity contribution is 0.102. The van der Waals surface area contributed by atoms with Gasteiger partial charge in [0.25, 0.3) is 5.91 Å². The molecule has 0 unspecified atom stereocenters. The van der Waals surface area contributed by atoms with Crippen molar-refractivity contribution in [2.24, 2.45) is 0 Å². The molecule has 0 saturated heterocycles. The minimum atomic E-state index is -3.72. The van der Waals surface area contributed by atoms with E-state index in [1.807, 2.05) is 0 Å². The first-order valence-electron chi connectivity index (χ1n) is 7.89. The Labute approximate surface area is 175 Å². The highest BCUT2D eigenvalue weighted by atomic mass is 79.9. The van der Waals surface area contributed by atoms with Gasteiger partial charge in [0, 0.05) is 24.1 Å². The smallest absolute Gasteiger partial charge is 0.255 e. The number of aromatic nitrogens is 3. The van der Waals surface area contributed by atoms with Crippen LogP contribution in [0.2, 0.25) is 5.02 Å². The van der Waals surface area contributed by atoms with Crippen molar-refractivity contribution in [2.45, 2.75) is 4.90 Å². The Bertz CT molecular complexity index is 1130. The second-order valence-corrected chi connectivity index (χ2v) is 9.24. The first kappa shape index (κ1) is 20.5. The molecular formula is C17H15BrClN5O3S. The van der Waals surface area contributed by atoms with Gasteiger partial charge >= 0.3 is 0 Å². The molecule has 1 aromatic heterocycles. The summed E-state index contributed by atoms with van der Waals surface area (Å²) in [5.41, 5.74) is 1.03. The topological polar surface area (TPSA) is 97.2 Å². The molecule has 0 bridgehead atoms. The fraction of sp³-hybridized carbons (Fsp3) is 0.118. The van der Waals surface area contributed by atoms with Crippen LogP contribution in [0.1, 0.15) is 10.4 Å². The molecule has 0 saturated carbocycles. The highest BCUT2D eigenvalue weighted by Gasteiger charge is 2.22. The van der Waals surface area contributed by atoms with Crippen molar-refractivity contribution in [2.75, 3.05) is 19.4 Å². The van der Waals surface area contributed by atoms with Crippen LogP contribution in [0.15, 0.2) is 58.4 Å². The van der Waals surface area contributed by atoms with Gasteiger partial charge in [-0.15, -0.1) is 0 Å². The zero-order valence-electron chi connectivity index (χ0n) is 14.8. The molecule has 0 aliphatic carbocycles. The van der Waals surface area contributed by atoms with Crippen molar-refractivity contribution in [3.63, 3.8) is 0 Å². The van der Waals surface area contributed by atoms with Crippen LogP contribution in [0.25, 0.3) is 5.69 Å². The summed E-state index contributed by atoms with van der Waals surface area (Å²) in [4.78, 5) is 16.7. The number of para-hydroxylation sites is 1. The first-order valence-corrected chi connectivity index (χ1v) is 10.5. The predicted octanol–water partition coefficient (Wildman–Crippen LogP) is 3.19. The van der Waals surface area contributed by atoms with Gasteiger partial charge in [0.05, 0.1) is 15.6 Å². The van der Waals surface area contributed by atoms with Crippen LogP contribution in [0, 0.1) is 0 Å². The lowest BCUT2D eigenvalue weighted by atomic mass is 10.2. The molecule has 28 heavy (non-hydrogen) atoms. The summed E-state index contributed by atoms with van der Waals surface area (Å²) in [6.07, 6.45) is 2.81. The standard InChI is InChI=1S/C17H15BrClN5O3S/c1-23(2)28(26,27)15-8-11(6-7-12(15)18)17(25)22-14-5-3-4-13(19)16(14)24-10-20-9-21-24/h3-10H,1-2H3,(H,22,25). The van der Waals surface area contributed by atoms with E-state index in [4.69, 9.17) is 11.6 Å². The van der Waals surface area contributed by atoms with E-state index in [-0.39, 0.29) is 10.5 Å². The Morgan fingerprint density at radius 2 is 2.00 bits per heavy atom. The Kier molecular flexibility index (Phi) is 5.84.